The third kappa shape index (κ3) is 4.86. The van der Waals surface area contributed by atoms with Gasteiger partial charge >= 0.3 is 0 Å². The van der Waals surface area contributed by atoms with E-state index in [2.05, 4.69) is 12.0 Å². The van der Waals surface area contributed by atoms with Crippen LogP contribution in [-0.4, -0.2) is 33.7 Å². The van der Waals surface area contributed by atoms with Gasteiger partial charge in [-0.1, -0.05) is 72.3 Å². The number of carbonyl (C=O) groups is 4. The number of aryl methyl sites for hydroxylation is 2. The first-order valence-electron chi connectivity index (χ1n) is 17.2. The third-order valence-corrected chi connectivity index (χ3v) is 11.7. The maximum absolute atomic E-state index is 15.3. The highest BCUT2D eigenvalue weighted by Crippen LogP contribution is 2.64. The van der Waals surface area contributed by atoms with Gasteiger partial charge in [-0.15, -0.1) is 0 Å². The van der Waals surface area contributed by atoms with Crippen LogP contribution < -0.4 is 10.3 Å². The van der Waals surface area contributed by atoms with E-state index in [-0.39, 0.29) is 30.4 Å². The van der Waals surface area contributed by atoms with Gasteiger partial charge in [0, 0.05) is 10.9 Å². The molecule has 2 aliphatic carbocycles. The second-order valence-electron chi connectivity index (χ2n) is 14.2. The zero-order valence-corrected chi connectivity index (χ0v) is 29.2. The lowest BCUT2D eigenvalue weighted by Gasteiger charge is -2.50. The number of phenols is 1. The molecule has 1 saturated carbocycles. The van der Waals surface area contributed by atoms with Crippen LogP contribution in [0.5, 0.6) is 5.75 Å². The molecule has 52 heavy (non-hydrogen) atoms. The normalized spacial score (nSPS) is 26.5. The summed E-state index contributed by atoms with van der Waals surface area (Å²) in [6.07, 6.45) is 4.07. The first kappa shape index (κ1) is 33.6. The molecule has 0 aromatic heterocycles. The molecule has 4 aliphatic rings. The van der Waals surface area contributed by atoms with Gasteiger partial charge in [0.25, 0.3) is 11.8 Å². The molecule has 4 amide bonds. The molecule has 6 atom stereocenters. The van der Waals surface area contributed by atoms with Crippen LogP contribution >= 0.6 is 11.6 Å². The van der Waals surface area contributed by atoms with Gasteiger partial charge in [0.2, 0.25) is 11.8 Å². The fourth-order valence-corrected chi connectivity index (χ4v) is 9.33. The van der Waals surface area contributed by atoms with Crippen molar-refractivity contribution in [1.29, 1.82) is 0 Å². The summed E-state index contributed by atoms with van der Waals surface area (Å²) in [4.78, 5) is 59.9. The smallest absolute Gasteiger partial charge is 0.260 e. The first-order valence-corrected chi connectivity index (χ1v) is 17.6. The van der Waals surface area contributed by atoms with Crippen molar-refractivity contribution in [2.24, 2.45) is 23.7 Å². The quantitative estimate of drug-likeness (QED) is 0.157. The maximum atomic E-state index is 15.3. The molecular formula is C42H35ClFN3O5. The molecule has 2 heterocycles. The van der Waals surface area contributed by atoms with Crippen LogP contribution in [0.15, 0.2) is 103 Å². The van der Waals surface area contributed by atoms with Crippen molar-refractivity contribution in [2.75, 3.05) is 10.3 Å². The fourth-order valence-electron chi connectivity index (χ4n) is 9.20. The summed E-state index contributed by atoms with van der Waals surface area (Å²) in [6, 6.07) is 23.0. The minimum atomic E-state index is -1.51. The van der Waals surface area contributed by atoms with Crippen molar-refractivity contribution in [3.05, 3.63) is 142 Å². The largest absolute Gasteiger partial charge is 0.507 e. The number of hydrogen-bond acceptors (Lipinski definition) is 6. The van der Waals surface area contributed by atoms with Crippen molar-refractivity contribution in [2.45, 2.75) is 38.0 Å². The van der Waals surface area contributed by atoms with E-state index < -0.39 is 52.6 Å². The van der Waals surface area contributed by atoms with E-state index in [1.165, 1.54) is 29.2 Å². The molecule has 8 nitrogen and oxygen atoms in total. The average Bonchev–Trinajstić information content (AvgIpc) is 3.52. The third-order valence-electron chi connectivity index (χ3n) is 11.5. The summed E-state index contributed by atoms with van der Waals surface area (Å²) in [5.74, 6) is -5.71. The molecule has 3 fully saturated rings. The van der Waals surface area contributed by atoms with E-state index >= 15 is 4.79 Å². The number of imide groups is 2. The van der Waals surface area contributed by atoms with Crippen LogP contribution in [0.3, 0.4) is 0 Å². The predicted octanol–water partition coefficient (Wildman–Crippen LogP) is 7.63. The lowest BCUT2D eigenvalue weighted by molar-refractivity contribution is -0.138. The number of rotatable bonds is 6. The highest BCUT2D eigenvalue weighted by Gasteiger charge is 2.70. The second-order valence-corrected chi connectivity index (χ2v) is 14.6. The summed E-state index contributed by atoms with van der Waals surface area (Å²) >= 11 is 6.38. The zero-order chi connectivity index (χ0) is 36.6. The van der Waals surface area contributed by atoms with Gasteiger partial charge in [0.05, 0.1) is 34.5 Å². The molecule has 10 heteroatoms. The lowest BCUT2D eigenvalue weighted by atomic mass is 9.49. The van der Waals surface area contributed by atoms with Crippen LogP contribution in [0.25, 0.3) is 6.08 Å². The predicted molar refractivity (Wildman–Crippen MR) is 196 cm³/mol. The van der Waals surface area contributed by atoms with Gasteiger partial charge in [-0.25, -0.2) is 4.39 Å². The van der Waals surface area contributed by atoms with Crippen LogP contribution in [0.2, 0.25) is 5.02 Å². The van der Waals surface area contributed by atoms with Crippen LogP contribution in [0, 0.1) is 43.3 Å². The molecule has 6 unspecified atom stereocenters. The molecule has 0 radical (unpaired) electrons. The molecular weight excluding hydrogens is 681 g/mol. The van der Waals surface area contributed by atoms with E-state index in [0.29, 0.717) is 38.7 Å². The molecule has 0 bridgehead atoms. The monoisotopic (exact) mass is 715 g/mol. The zero-order valence-electron chi connectivity index (χ0n) is 28.5. The number of halogens is 2. The van der Waals surface area contributed by atoms with Gasteiger partial charge in [0.1, 0.15) is 11.6 Å². The topological polar surface area (TPSA) is 107 Å². The van der Waals surface area contributed by atoms with Gasteiger partial charge in [-0.05, 0) is 109 Å². The van der Waals surface area contributed by atoms with Crippen molar-refractivity contribution in [1.82, 2.24) is 5.01 Å². The number of benzene rings is 4. The molecule has 4 aromatic carbocycles. The van der Waals surface area contributed by atoms with Crippen LogP contribution in [-0.2, 0) is 24.6 Å². The maximum Gasteiger partial charge on any atom is 0.260 e. The van der Waals surface area contributed by atoms with Crippen LogP contribution in [0.4, 0.5) is 15.8 Å². The molecule has 8 rings (SSSR count). The molecule has 2 saturated heterocycles. The van der Waals surface area contributed by atoms with Crippen molar-refractivity contribution < 1.29 is 28.7 Å². The van der Waals surface area contributed by atoms with Gasteiger partial charge < -0.3 is 5.11 Å². The number of carbonyl (C=O) groups excluding carboxylic acids is 4. The van der Waals surface area contributed by atoms with Crippen molar-refractivity contribution in [3.63, 3.8) is 0 Å². The number of anilines is 2. The molecule has 262 valence electrons. The number of nitrogens with zero attached hydrogens (tertiary/aromatic N) is 2. The Morgan fingerprint density at radius 1 is 0.885 bits per heavy atom. The summed E-state index contributed by atoms with van der Waals surface area (Å²) < 4.78 is 13.9. The molecule has 2 N–H and O–H groups in total. The minimum Gasteiger partial charge on any atom is -0.507 e. The second kappa shape index (κ2) is 12.3. The Hall–Kier alpha value is -5.54. The van der Waals surface area contributed by atoms with E-state index in [1.54, 1.807) is 68.5 Å². The van der Waals surface area contributed by atoms with E-state index in [9.17, 15) is 23.9 Å². The Kier molecular flexibility index (Phi) is 7.95. The highest BCUT2D eigenvalue weighted by atomic mass is 35.5. The number of hydrogen-bond donors (Lipinski definition) is 2. The number of hydrazine groups is 1. The van der Waals surface area contributed by atoms with E-state index in [4.69, 9.17) is 11.6 Å². The first-order chi connectivity index (χ1) is 24.9. The number of fused-ring (bicyclic) bond motifs is 4. The minimum absolute atomic E-state index is 0.119. The van der Waals surface area contributed by atoms with Gasteiger partial charge in [-0.3, -0.25) is 29.5 Å². The lowest BCUT2D eigenvalue weighted by Crippen LogP contribution is -2.53. The Labute approximate surface area is 305 Å². The average molecular weight is 716 g/mol. The van der Waals surface area contributed by atoms with Crippen molar-refractivity contribution >= 4 is 52.7 Å². The number of allylic oxidation sites excluding steroid dienone is 2. The SMILES string of the molecule is C=Cc1ccc(N2C(=O)C3CC=C4C(CC5C(=O)N(Nc6ccc(F)cc6)C(=O)C5(c5ccc(Cl)cc5)C4c4cc(C)c(O)c(C)c4)C3C2=O)cc1. The summed E-state index contributed by atoms with van der Waals surface area (Å²) in [5.41, 5.74) is 6.35. The Morgan fingerprint density at radius 3 is 2.17 bits per heavy atom. The number of amides is 4. The fraction of sp³-hybridized carbons (Fsp3) is 0.238. The van der Waals surface area contributed by atoms with Crippen molar-refractivity contribution in [3.8, 4) is 5.75 Å². The van der Waals surface area contributed by atoms with E-state index in [1.807, 2.05) is 18.2 Å². The number of phenolic OH excluding ortho intramolecular Hbond substituents is 1. The molecule has 0 spiro atoms. The molecule has 4 aromatic rings. The summed E-state index contributed by atoms with van der Waals surface area (Å²) in [7, 11) is 0. The van der Waals surface area contributed by atoms with Gasteiger partial charge in [-0.2, -0.15) is 5.01 Å². The van der Waals surface area contributed by atoms with Crippen LogP contribution in [0.1, 0.15) is 46.6 Å². The van der Waals surface area contributed by atoms with E-state index in [0.717, 1.165) is 16.1 Å². The summed E-state index contributed by atoms with van der Waals surface area (Å²) in [6.45, 7) is 7.35. The number of aromatic hydroxyl groups is 1. The Bertz CT molecular complexity index is 2190. The van der Waals surface area contributed by atoms with Gasteiger partial charge in [0.15, 0.2) is 0 Å². The standard InChI is InChI=1S/C42H35ClFN3O5/c1-4-24-5-15-30(16-6-24)46-38(49)32-18-17-31-33(35(32)40(46)51)21-34-39(50)47(45-29-13-11-28(44)12-14-29)41(52)42(34,26-7-9-27(43)10-8-26)36(31)25-19-22(2)37(48)23(3)20-25/h4-17,19-20,32-36,45,48H,1,18,21H2,2-3H3. The Balaban J connectivity index is 1.33. The number of nitrogens with one attached hydrogen (secondary N) is 1. The summed E-state index contributed by atoms with van der Waals surface area (Å²) in [5, 5.41) is 12.3. The Morgan fingerprint density at radius 2 is 1.54 bits per heavy atom. The highest BCUT2D eigenvalue weighted by molar-refractivity contribution is 6.30. The molecule has 2 aliphatic heterocycles.